The number of carbonyl (C=O) groups excluding carboxylic acids is 4. The molecule has 0 radical (unpaired) electrons. The summed E-state index contributed by atoms with van der Waals surface area (Å²) in [7, 11) is 0. The predicted octanol–water partition coefficient (Wildman–Crippen LogP) is 11.4. The standard InChI is InChI=1S/C34H40Cl6O8/c1-17(2)15-33(5,6)9-11-45-29(41)23-25(39)19(35)13-21(37)27(23)47-31(43)32(44)48-28-22(38)14-20(36)26(40)24(28)30(42)46-12-10-34(7,8)16-18(3)4/h13-14,17-18H,9-12,15-16H2,1-8H3. The van der Waals surface area contributed by atoms with E-state index in [1.165, 1.54) is 0 Å². The van der Waals surface area contributed by atoms with E-state index in [9.17, 15) is 19.2 Å². The van der Waals surface area contributed by atoms with E-state index in [0.717, 1.165) is 25.0 Å². The van der Waals surface area contributed by atoms with Crippen LogP contribution in [-0.2, 0) is 19.1 Å². The molecule has 8 nitrogen and oxygen atoms in total. The molecule has 0 bridgehead atoms. The van der Waals surface area contributed by atoms with Crippen LogP contribution in [0.4, 0.5) is 0 Å². The maximum Gasteiger partial charge on any atom is 0.423 e. The quantitative estimate of drug-likeness (QED) is 0.0806. The molecule has 0 saturated heterocycles. The zero-order valence-electron chi connectivity index (χ0n) is 28.1. The minimum absolute atomic E-state index is 0.0123. The Bertz CT molecular complexity index is 1420. The first-order valence-corrected chi connectivity index (χ1v) is 17.5. The average molecular weight is 789 g/mol. The lowest BCUT2D eigenvalue weighted by atomic mass is 9.81. The molecule has 0 aromatic heterocycles. The number of hydrogen-bond acceptors (Lipinski definition) is 8. The fourth-order valence-corrected chi connectivity index (χ4v) is 6.83. The van der Waals surface area contributed by atoms with Crippen LogP contribution in [-0.4, -0.2) is 37.1 Å². The Morgan fingerprint density at radius 2 is 0.896 bits per heavy atom. The minimum Gasteiger partial charge on any atom is -0.462 e. The van der Waals surface area contributed by atoms with Crippen LogP contribution >= 0.6 is 69.6 Å². The van der Waals surface area contributed by atoms with Gasteiger partial charge in [-0.05, 0) is 60.5 Å². The number of hydrogen-bond donors (Lipinski definition) is 0. The maximum absolute atomic E-state index is 13.1. The van der Waals surface area contributed by atoms with Crippen LogP contribution < -0.4 is 9.47 Å². The van der Waals surface area contributed by atoms with E-state index in [-0.39, 0.29) is 54.2 Å². The largest absolute Gasteiger partial charge is 0.462 e. The van der Waals surface area contributed by atoms with Crippen molar-refractivity contribution in [2.75, 3.05) is 13.2 Å². The molecule has 0 aliphatic rings. The van der Waals surface area contributed by atoms with Crippen molar-refractivity contribution in [2.45, 2.75) is 81.1 Å². The molecule has 0 fully saturated rings. The van der Waals surface area contributed by atoms with Crippen LogP contribution in [0, 0.1) is 22.7 Å². The SMILES string of the molecule is CC(C)CC(C)(C)CCOC(=O)c1c(Cl)c(Cl)cc(Cl)c1OC(=O)C(=O)Oc1c(Cl)cc(Cl)c(Cl)c1C(=O)OCCC(C)(C)CC(C)C. The molecule has 0 unspecified atom stereocenters. The number of carbonyl (C=O) groups is 4. The van der Waals surface area contributed by atoms with Crippen LogP contribution in [0.15, 0.2) is 12.1 Å². The first-order valence-electron chi connectivity index (χ1n) is 15.2. The summed E-state index contributed by atoms with van der Waals surface area (Å²) < 4.78 is 21.2. The second-order valence-electron chi connectivity index (χ2n) is 13.8. The van der Waals surface area contributed by atoms with E-state index in [4.69, 9.17) is 88.6 Å². The molecule has 2 aromatic carbocycles. The third kappa shape index (κ3) is 12.1. The monoisotopic (exact) mass is 786 g/mol. The lowest BCUT2D eigenvalue weighted by molar-refractivity contribution is -0.156. The van der Waals surface area contributed by atoms with E-state index < -0.39 is 46.5 Å². The van der Waals surface area contributed by atoms with Crippen LogP contribution in [0.25, 0.3) is 0 Å². The van der Waals surface area contributed by atoms with Crippen LogP contribution in [0.5, 0.6) is 11.5 Å². The van der Waals surface area contributed by atoms with Gasteiger partial charge in [0.05, 0.1) is 43.3 Å². The van der Waals surface area contributed by atoms with Crippen molar-refractivity contribution in [3.63, 3.8) is 0 Å². The van der Waals surface area contributed by atoms with Gasteiger partial charge in [-0.2, -0.15) is 0 Å². The first kappa shape index (κ1) is 42.2. The smallest absolute Gasteiger partial charge is 0.423 e. The van der Waals surface area contributed by atoms with E-state index in [2.05, 4.69) is 27.7 Å². The topological polar surface area (TPSA) is 105 Å². The highest BCUT2D eigenvalue weighted by Crippen LogP contribution is 2.42. The van der Waals surface area contributed by atoms with E-state index in [0.29, 0.717) is 24.7 Å². The summed E-state index contributed by atoms with van der Waals surface area (Å²) in [6.45, 7) is 16.6. The fraction of sp³-hybridized carbons (Fsp3) is 0.529. The summed E-state index contributed by atoms with van der Waals surface area (Å²) >= 11 is 37.4. The van der Waals surface area contributed by atoms with Gasteiger partial charge in [0.15, 0.2) is 11.5 Å². The fourth-order valence-electron chi connectivity index (χ4n) is 5.39. The number of esters is 4. The summed E-state index contributed by atoms with van der Waals surface area (Å²) in [4.78, 5) is 52.3. The molecular formula is C34H40Cl6O8. The van der Waals surface area contributed by atoms with Crippen LogP contribution in [0.3, 0.4) is 0 Å². The number of benzene rings is 2. The second kappa shape index (κ2) is 17.8. The average Bonchev–Trinajstić information content (AvgIpc) is 2.92. The lowest BCUT2D eigenvalue weighted by Gasteiger charge is -2.26. The van der Waals surface area contributed by atoms with E-state index in [1.54, 1.807) is 0 Å². The zero-order valence-corrected chi connectivity index (χ0v) is 32.6. The molecule has 0 aliphatic heterocycles. The van der Waals surface area contributed by atoms with Crippen LogP contribution in [0.1, 0.15) is 102 Å². The Hall–Kier alpha value is -1.94. The molecule has 0 saturated carbocycles. The Labute approximate surface area is 311 Å². The van der Waals surface area contributed by atoms with Gasteiger partial charge in [-0.3, -0.25) is 0 Å². The van der Waals surface area contributed by atoms with Gasteiger partial charge in [0.25, 0.3) is 0 Å². The molecule has 0 aliphatic carbocycles. The van der Waals surface area contributed by atoms with Crippen molar-refractivity contribution in [3.8, 4) is 11.5 Å². The highest BCUT2D eigenvalue weighted by atomic mass is 35.5. The molecule has 48 heavy (non-hydrogen) atoms. The third-order valence-corrected chi connectivity index (χ3v) is 9.30. The molecular weight excluding hydrogens is 749 g/mol. The minimum atomic E-state index is -1.65. The Balaban J connectivity index is 2.31. The normalized spacial score (nSPS) is 11.9. The first-order chi connectivity index (χ1) is 22.1. The van der Waals surface area contributed by atoms with Crippen molar-refractivity contribution in [1.82, 2.24) is 0 Å². The van der Waals surface area contributed by atoms with Gasteiger partial charge < -0.3 is 18.9 Å². The van der Waals surface area contributed by atoms with Crippen molar-refractivity contribution in [1.29, 1.82) is 0 Å². The third-order valence-electron chi connectivity index (χ3n) is 7.16. The summed E-state index contributed by atoms with van der Waals surface area (Å²) in [5, 5.41) is -1.55. The molecule has 14 heteroatoms. The highest BCUT2D eigenvalue weighted by Gasteiger charge is 2.33. The molecule has 0 N–H and O–H groups in total. The Kier molecular flexibility index (Phi) is 15.7. The van der Waals surface area contributed by atoms with E-state index >= 15 is 0 Å². The summed E-state index contributed by atoms with van der Waals surface area (Å²) in [5.41, 5.74) is -1.22. The van der Waals surface area contributed by atoms with Gasteiger partial charge in [0, 0.05) is 0 Å². The molecule has 0 atom stereocenters. The second-order valence-corrected chi connectivity index (χ2v) is 16.2. The number of halogens is 6. The highest BCUT2D eigenvalue weighted by molar-refractivity contribution is 6.47. The van der Waals surface area contributed by atoms with Gasteiger partial charge in [-0.25, -0.2) is 19.2 Å². The molecule has 0 amide bonds. The van der Waals surface area contributed by atoms with Gasteiger partial charge in [0.1, 0.15) is 11.1 Å². The molecule has 0 spiro atoms. The Morgan fingerprint density at radius 1 is 0.583 bits per heavy atom. The van der Waals surface area contributed by atoms with Crippen molar-refractivity contribution in [2.24, 2.45) is 22.7 Å². The summed E-state index contributed by atoms with van der Waals surface area (Å²) in [6.07, 6.45) is 2.82. The predicted molar refractivity (Wildman–Crippen MR) is 190 cm³/mol. The van der Waals surface area contributed by atoms with Gasteiger partial charge in [-0.1, -0.05) is 125 Å². The van der Waals surface area contributed by atoms with Gasteiger partial charge >= 0.3 is 23.9 Å². The van der Waals surface area contributed by atoms with Gasteiger partial charge in [-0.15, -0.1) is 0 Å². The molecule has 0 heterocycles. The number of ether oxygens (including phenoxy) is 4. The maximum atomic E-state index is 13.1. The lowest BCUT2D eigenvalue weighted by Crippen LogP contribution is -2.27. The van der Waals surface area contributed by atoms with E-state index in [1.807, 2.05) is 27.7 Å². The van der Waals surface area contributed by atoms with Crippen molar-refractivity contribution >= 4 is 93.5 Å². The summed E-state index contributed by atoms with van der Waals surface area (Å²) in [6, 6.07) is 2.24. The Morgan fingerprint density at radius 3 is 1.19 bits per heavy atom. The zero-order chi connectivity index (χ0) is 36.7. The molecule has 2 rings (SSSR count). The molecule has 2 aromatic rings. The van der Waals surface area contributed by atoms with Gasteiger partial charge in [0.2, 0.25) is 0 Å². The molecule has 266 valence electrons. The van der Waals surface area contributed by atoms with Crippen molar-refractivity contribution < 1.29 is 38.1 Å². The number of rotatable bonds is 14. The van der Waals surface area contributed by atoms with Crippen LogP contribution in [0.2, 0.25) is 30.1 Å². The van der Waals surface area contributed by atoms with Crippen molar-refractivity contribution in [3.05, 3.63) is 53.4 Å². The summed E-state index contributed by atoms with van der Waals surface area (Å²) in [5.74, 6) is -5.62.